The topological polar surface area (TPSA) is 21.1 Å². The molecule has 110 valence electrons. The third kappa shape index (κ3) is 2.44. The van der Waals surface area contributed by atoms with E-state index >= 15 is 0 Å². The van der Waals surface area contributed by atoms with Crippen LogP contribution in [0, 0.1) is 0 Å². The summed E-state index contributed by atoms with van der Waals surface area (Å²) in [6.07, 6.45) is 3.91. The largest absolute Gasteiger partial charge is 0.288 e. The Morgan fingerprint density at radius 3 is 1.91 bits per heavy atom. The van der Waals surface area contributed by atoms with Crippen molar-refractivity contribution >= 4 is 0 Å². The van der Waals surface area contributed by atoms with Crippen molar-refractivity contribution in [3.05, 3.63) is 90.3 Å². The summed E-state index contributed by atoms with van der Waals surface area (Å²) in [5.41, 5.74) is 2.71. The third-order valence-corrected chi connectivity index (χ3v) is 4.39. The van der Waals surface area contributed by atoms with Gasteiger partial charge in [-0.25, -0.2) is 0 Å². The highest BCUT2D eigenvalue weighted by molar-refractivity contribution is 5.32. The molecule has 4 rings (SSSR count). The molecule has 3 nitrogen and oxygen atoms in total. The molecule has 0 aliphatic carbocycles. The van der Waals surface area contributed by atoms with Crippen LogP contribution in [0.25, 0.3) is 0 Å². The van der Waals surface area contributed by atoms with Gasteiger partial charge in [0.15, 0.2) is 0 Å². The smallest absolute Gasteiger partial charge is 0.0773 e. The maximum Gasteiger partial charge on any atom is 0.0773 e. The Morgan fingerprint density at radius 1 is 0.818 bits per heavy atom. The molecule has 1 aliphatic heterocycles. The first kappa shape index (κ1) is 13.3. The SMILES string of the molecule is c1ccc(C(c2ccccc2)N2CC(n3cccn3)C2)cc1. The highest BCUT2D eigenvalue weighted by atomic mass is 15.4. The van der Waals surface area contributed by atoms with E-state index < -0.39 is 0 Å². The zero-order valence-electron chi connectivity index (χ0n) is 12.4. The summed E-state index contributed by atoms with van der Waals surface area (Å²) >= 11 is 0. The quantitative estimate of drug-likeness (QED) is 0.732. The van der Waals surface area contributed by atoms with Gasteiger partial charge in [-0.1, -0.05) is 60.7 Å². The summed E-state index contributed by atoms with van der Waals surface area (Å²) in [5.74, 6) is 0. The average Bonchev–Trinajstić information content (AvgIpc) is 3.06. The highest BCUT2D eigenvalue weighted by Crippen LogP contribution is 2.35. The molecule has 0 bridgehead atoms. The minimum Gasteiger partial charge on any atom is -0.288 e. The summed E-state index contributed by atoms with van der Waals surface area (Å²) in [7, 11) is 0. The molecular weight excluding hydrogens is 270 g/mol. The fourth-order valence-corrected chi connectivity index (χ4v) is 3.25. The van der Waals surface area contributed by atoms with Gasteiger partial charge in [0.1, 0.15) is 0 Å². The number of benzene rings is 2. The second-order valence-electron chi connectivity index (χ2n) is 5.82. The van der Waals surface area contributed by atoms with Gasteiger partial charge < -0.3 is 0 Å². The molecule has 0 N–H and O–H groups in total. The Labute approximate surface area is 130 Å². The molecule has 0 atom stereocenters. The van der Waals surface area contributed by atoms with E-state index in [9.17, 15) is 0 Å². The van der Waals surface area contributed by atoms with Crippen LogP contribution in [0.4, 0.5) is 0 Å². The summed E-state index contributed by atoms with van der Waals surface area (Å²) in [6, 6.07) is 24.3. The van der Waals surface area contributed by atoms with Crippen molar-refractivity contribution in [2.75, 3.05) is 13.1 Å². The molecule has 1 aliphatic rings. The number of aromatic nitrogens is 2. The second kappa shape index (κ2) is 5.78. The number of nitrogens with zero attached hydrogens (tertiary/aromatic N) is 3. The van der Waals surface area contributed by atoms with Gasteiger partial charge >= 0.3 is 0 Å². The van der Waals surface area contributed by atoms with Crippen molar-refractivity contribution in [2.24, 2.45) is 0 Å². The molecule has 0 amide bonds. The predicted molar refractivity (Wildman–Crippen MR) is 87.6 cm³/mol. The lowest BCUT2D eigenvalue weighted by molar-refractivity contribution is 0.0682. The number of hydrogen-bond acceptors (Lipinski definition) is 2. The predicted octanol–water partition coefficient (Wildman–Crippen LogP) is 3.53. The zero-order chi connectivity index (χ0) is 14.8. The molecule has 2 aromatic carbocycles. The first-order valence-corrected chi connectivity index (χ1v) is 7.75. The average molecular weight is 289 g/mol. The zero-order valence-corrected chi connectivity index (χ0v) is 12.4. The Balaban J connectivity index is 1.60. The first-order valence-electron chi connectivity index (χ1n) is 7.75. The van der Waals surface area contributed by atoms with Gasteiger partial charge in [-0.05, 0) is 17.2 Å². The minimum absolute atomic E-state index is 0.328. The van der Waals surface area contributed by atoms with Crippen molar-refractivity contribution in [3.63, 3.8) is 0 Å². The van der Waals surface area contributed by atoms with Crippen molar-refractivity contribution in [1.29, 1.82) is 0 Å². The number of likely N-dealkylation sites (tertiary alicyclic amines) is 1. The summed E-state index contributed by atoms with van der Waals surface area (Å²) in [5, 5.41) is 4.37. The van der Waals surface area contributed by atoms with Gasteiger partial charge in [0.25, 0.3) is 0 Å². The number of rotatable bonds is 4. The van der Waals surface area contributed by atoms with Crippen LogP contribution >= 0.6 is 0 Å². The Hall–Kier alpha value is -2.39. The maximum absolute atomic E-state index is 4.37. The van der Waals surface area contributed by atoms with Crippen LogP contribution < -0.4 is 0 Å². The lowest BCUT2D eigenvalue weighted by atomic mass is 9.93. The lowest BCUT2D eigenvalue weighted by Gasteiger charge is -2.44. The lowest BCUT2D eigenvalue weighted by Crippen LogP contribution is -2.49. The molecule has 1 aromatic heterocycles. The normalized spacial score (nSPS) is 15.9. The first-order chi connectivity index (χ1) is 10.9. The summed E-state index contributed by atoms with van der Waals surface area (Å²) < 4.78 is 2.07. The third-order valence-electron chi connectivity index (χ3n) is 4.39. The number of hydrogen-bond donors (Lipinski definition) is 0. The molecule has 0 spiro atoms. The van der Waals surface area contributed by atoms with E-state index in [1.165, 1.54) is 11.1 Å². The van der Waals surface area contributed by atoms with Crippen molar-refractivity contribution in [1.82, 2.24) is 14.7 Å². The molecule has 2 heterocycles. The van der Waals surface area contributed by atoms with E-state index in [-0.39, 0.29) is 0 Å². The van der Waals surface area contributed by atoms with E-state index in [4.69, 9.17) is 0 Å². The van der Waals surface area contributed by atoms with E-state index in [1.807, 2.05) is 12.3 Å². The van der Waals surface area contributed by atoms with E-state index in [0.717, 1.165) is 13.1 Å². The molecule has 22 heavy (non-hydrogen) atoms. The fourth-order valence-electron chi connectivity index (χ4n) is 3.25. The van der Waals surface area contributed by atoms with Crippen molar-refractivity contribution in [2.45, 2.75) is 12.1 Å². The van der Waals surface area contributed by atoms with Gasteiger partial charge in [-0.2, -0.15) is 5.10 Å². The van der Waals surface area contributed by atoms with Crippen LogP contribution in [0.3, 0.4) is 0 Å². The van der Waals surface area contributed by atoms with Crippen LogP contribution in [0.5, 0.6) is 0 Å². The van der Waals surface area contributed by atoms with Crippen LogP contribution in [0.15, 0.2) is 79.1 Å². The van der Waals surface area contributed by atoms with Crippen LogP contribution in [0.1, 0.15) is 23.2 Å². The van der Waals surface area contributed by atoms with Gasteiger partial charge in [-0.3, -0.25) is 9.58 Å². The molecule has 1 fully saturated rings. The molecule has 3 heteroatoms. The maximum atomic E-state index is 4.37. The second-order valence-corrected chi connectivity index (χ2v) is 5.82. The standard InChI is InChI=1S/C19H19N3/c1-3-8-16(9-4-1)19(17-10-5-2-6-11-17)21-14-18(15-21)22-13-7-12-20-22/h1-13,18-19H,14-15H2. The van der Waals surface area contributed by atoms with Gasteiger partial charge in [-0.15, -0.1) is 0 Å². The van der Waals surface area contributed by atoms with E-state index in [2.05, 4.69) is 81.5 Å². The van der Waals surface area contributed by atoms with Gasteiger partial charge in [0.05, 0.1) is 12.1 Å². The molecule has 3 aromatic rings. The van der Waals surface area contributed by atoms with Crippen molar-refractivity contribution in [3.8, 4) is 0 Å². The highest BCUT2D eigenvalue weighted by Gasteiger charge is 2.35. The van der Waals surface area contributed by atoms with Crippen LogP contribution in [-0.2, 0) is 0 Å². The molecule has 0 radical (unpaired) electrons. The monoisotopic (exact) mass is 289 g/mol. The Kier molecular flexibility index (Phi) is 3.49. The molecule has 0 unspecified atom stereocenters. The Bertz CT molecular complexity index is 661. The van der Waals surface area contributed by atoms with Gasteiger partial charge in [0.2, 0.25) is 0 Å². The van der Waals surface area contributed by atoms with E-state index in [1.54, 1.807) is 0 Å². The Morgan fingerprint density at radius 2 is 1.41 bits per heavy atom. The summed E-state index contributed by atoms with van der Waals surface area (Å²) in [4.78, 5) is 2.52. The minimum atomic E-state index is 0.328. The molecule has 0 saturated carbocycles. The van der Waals surface area contributed by atoms with E-state index in [0.29, 0.717) is 12.1 Å². The summed E-state index contributed by atoms with van der Waals surface area (Å²) in [6.45, 7) is 2.08. The molecule has 1 saturated heterocycles. The van der Waals surface area contributed by atoms with Gasteiger partial charge in [0, 0.05) is 25.5 Å². The molecular formula is C19H19N3. The fraction of sp³-hybridized carbons (Fsp3) is 0.211. The van der Waals surface area contributed by atoms with Crippen LogP contribution in [0.2, 0.25) is 0 Å². The van der Waals surface area contributed by atoms with Crippen LogP contribution in [-0.4, -0.2) is 27.8 Å². The van der Waals surface area contributed by atoms with Crippen molar-refractivity contribution < 1.29 is 0 Å².